The van der Waals surface area contributed by atoms with Crippen LogP contribution in [0.25, 0.3) is 0 Å². The maximum absolute atomic E-state index is 13.6. The number of aliphatic hydroxyl groups excluding tert-OH is 1. The molecule has 1 unspecified atom stereocenters. The van der Waals surface area contributed by atoms with Crippen LogP contribution in [-0.2, 0) is 14.3 Å². The smallest absolute Gasteiger partial charge is 0.296 e. The van der Waals surface area contributed by atoms with Crippen LogP contribution in [0.15, 0.2) is 41.3 Å². The quantitative estimate of drug-likeness (QED) is 0.660. The largest absolute Gasteiger partial charge is 0.493 e. The summed E-state index contributed by atoms with van der Waals surface area (Å²) in [5.74, 6) is -2.70. The lowest BCUT2D eigenvalue weighted by atomic mass is 9.85. The number of aryl methyl sites for hydroxylation is 1. The minimum atomic E-state index is -3.96. The second kappa shape index (κ2) is 9.28. The molecule has 3 atom stereocenters. The van der Waals surface area contributed by atoms with E-state index >= 15 is 0 Å². The fourth-order valence-electron chi connectivity index (χ4n) is 3.41. The summed E-state index contributed by atoms with van der Waals surface area (Å²) in [5.41, 5.74) is 0.921. The first kappa shape index (κ1) is 22.5. The molecule has 1 aliphatic carbocycles. The zero-order valence-electron chi connectivity index (χ0n) is 16.7. The van der Waals surface area contributed by atoms with Crippen molar-refractivity contribution in [3.63, 3.8) is 0 Å². The maximum Gasteiger partial charge on any atom is 0.296 e. The summed E-state index contributed by atoms with van der Waals surface area (Å²) >= 11 is 0. The third-order valence-electron chi connectivity index (χ3n) is 5.16. The van der Waals surface area contributed by atoms with Crippen molar-refractivity contribution in [2.45, 2.75) is 43.3 Å². The second-order valence-electron chi connectivity index (χ2n) is 7.31. The van der Waals surface area contributed by atoms with E-state index in [-0.39, 0.29) is 23.0 Å². The zero-order chi connectivity index (χ0) is 21.9. The molecule has 1 aliphatic rings. The van der Waals surface area contributed by atoms with Crippen LogP contribution in [0.3, 0.4) is 0 Å². The molecule has 0 bridgehead atoms. The predicted molar refractivity (Wildman–Crippen MR) is 105 cm³/mol. The van der Waals surface area contributed by atoms with Gasteiger partial charge in [-0.15, -0.1) is 0 Å². The van der Waals surface area contributed by atoms with Gasteiger partial charge >= 0.3 is 0 Å². The van der Waals surface area contributed by atoms with Crippen molar-refractivity contribution in [3.05, 3.63) is 53.6 Å². The molecule has 0 aliphatic heterocycles. The number of ether oxygens (including phenoxy) is 2. The Bertz CT molecular complexity index is 978. The first-order valence-corrected chi connectivity index (χ1v) is 11.0. The Kier molecular flexibility index (Phi) is 6.95. The fourth-order valence-corrected chi connectivity index (χ4v) is 4.37. The van der Waals surface area contributed by atoms with Gasteiger partial charge in [-0.2, -0.15) is 8.42 Å². The summed E-state index contributed by atoms with van der Waals surface area (Å²) in [4.78, 5) is 0.0396. The molecule has 0 radical (unpaired) electrons. The van der Waals surface area contributed by atoms with Crippen LogP contribution >= 0.6 is 0 Å². The van der Waals surface area contributed by atoms with E-state index in [2.05, 4.69) is 0 Å². The normalized spacial score (nSPS) is 22.0. The van der Waals surface area contributed by atoms with Crippen LogP contribution in [0.5, 0.6) is 11.5 Å². The lowest BCUT2D eigenvalue weighted by Gasteiger charge is -2.34. The van der Waals surface area contributed by atoms with Gasteiger partial charge in [0.05, 0.1) is 24.7 Å². The third kappa shape index (κ3) is 5.08. The van der Waals surface area contributed by atoms with E-state index in [1.165, 1.54) is 19.2 Å². The predicted octanol–water partition coefficient (Wildman–Crippen LogP) is 3.60. The van der Waals surface area contributed by atoms with Crippen LogP contribution < -0.4 is 9.47 Å². The SMILES string of the molecule is COc1cc(F)c(F)cc1OC1CCC[C@H](COS(=O)(=O)c2ccc(C)cc2)[C@H]1O. The molecule has 0 aromatic heterocycles. The van der Waals surface area contributed by atoms with Crippen LogP contribution in [0, 0.1) is 24.5 Å². The second-order valence-corrected chi connectivity index (χ2v) is 8.92. The molecule has 1 N–H and O–H groups in total. The minimum Gasteiger partial charge on any atom is -0.493 e. The van der Waals surface area contributed by atoms with Crippen LogP contribution in [0.2, 0.25) is 0 Å². The number of benzene rings is 2. The molecule has 0 amide bonds. The molecule has 0 heterocycles. The number of methoxy groups -OCH3 is 1. The van der Waals surface area contributed by atoms with Crippen molar-refractivity contribution in [1.29, 1.82) is 0 Å². The van der Waals surface area contributed by atoms with Gasteiger partial charge in [0, 0.05) is 18.1 Å². The number of hydrogen-bond donors (Lipinski definition) is 1. The van der Waals surface area contributed by atoms with E-state index in [9.17, 15) is 22.3 Å². The number of halogens is 2. The average Bonchev–Trinajstić information content (AvgIpc) is 2.71. The standard InChI is InChI=1S/C21H24F2O6S/c1-13-6-8-15(9-7-13)30(25,26)28-12-14-4-3-5-18(21(14)24)29-20-11-17(23)16(22)10-19(20)27-2/h6-11,14,18,21,24H,3-5,12H2,1-2H3/t14-,18?,21-/m1/s1. The summed E-state index contributed by atoms with van der Waals surface area (Å²) in [6, 6.07) is 8.00. The molecular weight excluding hydrogens is 418 g/mol. The lowest BCUT2D eigenvalue weighted by molar-refractivity contribution is -0.0437. The van der Waals surface area contributed by atoms with E-state index in [1.54, 1.807) is 12.1 Å². The Labute approximate surface area is 174 Å². The highest BCUT2D eigenvalue weighted by Gasteiger charge is 2.35. The first-order chi connectivity index (χ1) is 14.2. The average molecular weight is 442 g/mol. The Balaban J connectivity index is 1.67. The minimum absolute atomic E-state index is 0.00132. The maximum atomic E-state index is 13.6. The molecule has 0 saturated heterocycles. The van der Waals surface area contributed by atoms with Crippen molar-refractivity contribution in [1.82, 2.24) is 0 Å². The molecule has 30 heavy (non-hydrogen) atoms. The van der Waals surface area contributed by atoms with Crippen molar-refractivity contribution < 1.29 is 36.0 Å². The Morgan fingerprint density at radius 1 is 1.07 bits per heavy atom. The number of aliphatic hydroxyl groups is 1. The highest BCUT2D eigenvalue weighted by molar-refractivity contribution is 7.86. The van der Waals surface area contributed by atoms with Crippen LogP contribution in [-0.4, -0.2) is 39.4 Å². The highest BCUT2D eigenvalue weighted by atomic mass is 32.2. The molecule has 3 rings (SSSR count). The van der Waals surface area contributed by atoms with E-state index in [1.807, 2.05) is 6.92 Å². The Morgan fingerprint density at radius 2 is 1.70 bits per heavy atom. The molecule has 164 valence electrons. The monoisotopic (exact) mass is 442 g/mol. The van der Waals surface area contributed by atoms with Crippen molar-refractivity contribution in [2.75, 3.05) is 13.7 Å². The van der Waals surface area contributed by atoms with Crippen molar-refractivity contribution >= 4 is 10.1 Å². The van der Waals surface area contributed by atoms with Crippen LogP contribution in [0.1, 0.15) is 24.8 Å². The van der Waals surface area contributed by atoms with E-state index < -0.39 is 39.9 Å². The van der Waals surface area contributed by atoms with Crippen molar-refractivity contribution in [2.24, 2.45) is 5.92 Å². The van der Waals surface area contributed by atoms with Gasteiger partial charge in [-0.1, -0.05) is 17.7 Å². The number of rotatable bonds is 7. The van der Waals surface area contributed by atoms with E-state index in [0.29, 0.717) is 19.3 Å². The highest BCUT2D eigenvalue weighted by Crippen LogP contribution is 2.35. The van der Waals surface area contributed by atoms with Crippen LogP contribution in [0.4, 0.5) is 8.78 Å². The molecule has 1 saturated carbocycles. The molecule has 0 spiro atoms. The van der Waals surface area contributed by atoms with Gasteiger partial charge in [0.25, 0.3) is 10.1 Å². The third-order valence-corrected chi connectivity index (χ3v) is 6.46. The van der Waals surface area contributed by atoms with E-state index in [0.717, 1.165) is 17.7 Å². The topological polar surface area (TPSA) is 82.1 Å². The first-order valence-electron chi connectivity index (χ1n) is 9.55. The van der Waals surface area contributed by atoms with E-state index in [4.69, 9.17) is 13.7 Å². The summed E-state index contributed by atoms with van der Waals surface area (Å²) < 4.78 is 67.7. The molecule has 2 aromatic rings. The molecular formula is C21H24F2O6S. The van der Waals surface area contributed by atoms with Gasteiger partial charge in [-0.05, 0) is 38.3 Å². The lowest BCUT2D eigenvalue weighted by Crippen LogP contribution is -2.43. The zero-order valence-corrected chi connectivity index (χ0v) is 17.5. The fraction of sp³-hybridized carbons (Fsp3) is 0.429. The Hall–Kier alpha value is -2.23. The summed E-state index contributed by atoms with van der Waals surface area (Å²) in [7, 11) is -2.67. The van der Waals surface area contributed by atoms with Gasteiger partial charge in [-0.3, -0.25) is 4.18 Å². The van der Waals surface area contributed by atoms with Gasteiger partial charge in [-0.25, -0.2) is 8.78 Å². The summed E-state index contributed by atoms with van der Waals surface area (Å²) in [6.07, 6.45) is -0.145. The Morgan fingerprint density at radius 3 is 2.33 bits per heavy atom. The molecule has 9 heteroatoms. The van der Waals surface area contributed by atoms with Gasteiger partial charge in [0.2, 0.25) is 0 Å². The molecule has 2 aromatic carbocycles. The molecule has 1 fully saturated rings. The van der Waals surface area contributed by atoms with Gasteiger partial charge < -0.3 is 14.6 Å². The molecule has 6 nitrogen and oxygen atoms in total. The summed E-state index contributed by atoms with van der Waals surface area (Å²) in [6.45, 7) is 1.63. The summed E-state index contributed by atoms with van der Waals surface area (Å²) in [5, 5.41) is 10.7. The number of hydrogen-bond acceptors (Lipinski definition) is 6. The van der Waals surface area contributed by atoms with Crippen molar-refractivity contribution in [3.8, 4) is 11.5 Å². The van der Waals surface area contributed by atoms with Gasteiger partial charge in [0.15, 0.2) is 23.1 Å². The van der Waals surface area contributed by atoms with Gasteiger partial charge in [0.1, 0.15) is 6.10 Å².